The molecule has 2 aliphatic heterocycles. The molecule has 0 spiro atoms. The van der Waals surface area contributed by atoms with Crippen molar-refractivity contribution in [3.05, 3.63) is 48.4 Å². The van der Waals surface area contributed by atoms with Crippen molar-refractivity contribution < 1.29 is 9.18 Å². The monoisotopic (exact) mass is 482 g/mol. The molecular formula is C25H31FN6OS. The zero-order valence-electron chi connectivity index (χ0n) is 19.3. The van der Waals surface area contributed by atoms with Gasteiger partial charge >= 0.3 is 0 Å². The number of aromatic nitrogens is 2. The Morgan fingerprint density at radius 1 is 1.09 bits per heavy atom. The first-order chi connectivity index (χ1) is 16.7. The van der Waals surface area contributed by atoms with Crippen LogP contribution in [0.5, 0.6) is 0 Å². The minimum Gasteiger partial charge on any atom is -0.367 e. The lowest BCUT2D eigenvalue weighted by Gasteiger charge is -2.36. The number of benzene rings is 1. The molecule has 5 rings (SSSR count). The predicted octanol–water partition coefficient (Wildman–Crippen LogP) is 3.38. The molecule has 180 valence electrons. The van der Waals surface area contributed by atoms with Crippen LogP contribution in [0, 0.1) is 11.7 Å². The van der Waals surface area contributed by atoms with Gasteiger partial charge in [-0.2, -0.15) is 0 Å². The minimum absolute atomic E-state index is 0.00182. The number of carbonyl (C=O) groups excluding carboxylic acids is 1. The highest BCUT2D eigenvalue weighted by molar-refractivity contribution is 7.21. The number of hydrogen-bond acceptors (Lipinski definition) is 7. The molecule has 4 heterocycles. The molecule has 1 N–H and O–H groups in total. The molecule has 1 aromatic carbocycles. The fourth-order valence-corrected chi connectivity index (χ4v) is 5.78. The van der Waals surface area contributed by atoms with Gasteiger partial charge in [0.15, 0.2) is 5.13 Å². The van der Waals surface area contributed by atoms with Crippen LogP contribution < -0.4 is 15.1 Å². The number of hydrogen-bond donors (Lipinski definition) is 1. The van der Waals surface area contributed by atoms with Crippen molar-refractivity contribution in [1.82, 2.24) is 20.2 Å². The van der Waals surface area contributed by atoms with Gasteiger partial charge in [-0.15, -0.1) is 0 Å². The van der Waals surface area contributed by atoms with Crippen molar-refractivity contribution >= 4 is 38.4 Å². The number of nitrogens with zero attached hydrogens (tertiary/aromatic N) is 5. The van der Waals surface area contributed by atoms with E-state index in [0.717, 1.165) is 74.0 Å². The van der Waals surface area contributed by atoms with E-state index in [9.17, 15) is 9.18 Å². The average Bonchev–Trinajstić information content (AvgIpc) is 3.32. The molecule has 2 aromatic heterocycles. The Labute approximate surface area is 203 Å². The van der Waals surface area contributed by atoms with Gasteiger partial charge in [-0.3, -0.25) is 9.69 Å². The van der Waals surface area contributed by atoms with Gasteiger partial charge in [0.25, 0.3) is 0 Å². The maximum atomic E-state index is 14.0. The molecule has 0 bridgehead atoms. The SMILES string of the molecule is O=C(NCCCN1CCN(c2ccccc2F)CC1)[C@@H]1CCCN(c2nc3cccnc3s2)C1. The highest BCUT2D eigenvalue weighted by Gasteiger charge is 2.27. The number of amides is 1. The summed E-state index contributed by atoms with van der Waals surface area (Å²) in [4.78, 5) is 29.6. The maximum Gasteiger partial charge on any atom is 0.224 e. The van der Waals surface area contributed by atoms with Crippen LogP contribution in [0.1, 0.15) is 19.3 Å². The lowest BCUT2D eigenvalue weighted by molar-refractivity contribution is -0.125. The van der Waals surface area contributed by atoms with Crippen LogP contribution in [0.3, 0.4) is 0 Å². The van der Waals surface area contributed by atoms with Gasteiger partial charge in [0, 0.05) is 52.0 Å². The summed E-state index contributed by atoms with van der Waals surface area (Å²) in [6, 6.07) is 10.9. The number of fused-ring (bicyclic) bond motifs is 1. The van der Waals surface area contributed by atoms with Crippen LogP contribution >= 0.6 is 11.3 Å². The highest BCUT2D eigenvalue weighted by Crippen LogP contribution is 2.30. The Hall–Kier alpha value is -2.78. The maximum absolute atomic E-state index is 14.0. The molecule has 0 saturated carbocycles. The Balaban J connectivity index is 1.03. The molecule has 9 heteroatoms. The van der Waals surface area contributed by atoms with Gasteiger partial charge in [-0.1, -0.05) is 23.5 Å². The van der Waals surface area contributed by atoms with E-state index in [-0.39, 0.29) is 17.6 Å². The van der Waals surface area contributed by atoms with Crippen molar-refractivity contribution in [2.45, 2.75) is 19.3 Å². The molecule has 1 amide bonds. The van der Waals surface area contributed by atoms with Gasteiger partial charge in [0.05, 0.1) is 11.6 Å². The van der Waals surface area contributed by atoms with E-state index < -0.39 is 0 Å². The molecule has 34 heavy (non-hydrogen) atoms. The first kappa shape index (κ1) is 23.0. The number of anilines is 2. The summed E-state index contributed by atoms with van der Waals surface area (Å²) in [5.74, 6) is -0.00825. The third-order valence-electron chi connectivity index (χ3n) is 6.73. The van der Waals surface area contributed by atoms with Crippen molar-refractivity contribution in [2.75, 3.05) is 62.2 Å². The predicted molar refractivity (Wildman–Crippen MR) is 135 cm³/mol. The zero-order chi connectivity index (χ0) is 23.3. The van der Waals surface area contributed by atoms with E-state index in [1.807, 2.05) is 24.3 Å². The van der Waals surface area contributed by atoms with Crippen molar-refractivity contribution in [1.29, 1.82) is 0 Å². The number of para-hydroxylation sites is 1. The summed E-state index contributed by atoms with van der Waals surface area (Å²) in [5, 5.41) is 4.11. The number of piperidine rings is 1. The molecule has 2 saturated heterocycles. The van der Waals surface area contributed by atoms with Gasteiger partial charge in [0.1, 0.15) is 16.2 Å². The van der Waals surface area contributed by atoms with E-state index in [1.54, 1.807) is 23.6 Å². The molecule has 2 fully saturated rings. The number of rotatable bonds is 7. The zero-order valence-corrected chi connectivity index (χ0v) is 20.1. The second kappa shape index (κ2) is 10.7. The quantitative estimate of drug-likeness (QED) is 0.521. The number of carbonyl (C=O) groups is 1. The van der Waals surface area contributed by atoms with Crippen LogP contribution in [0.4, 0.5) is 15.2 Å². The standard InChI is InChI=1S/C25H31FN6OS/c26-20-7-1-2-9-22(20)31-16-14-30(15-17-31)12-5-11-27-23(33)19-6-4-13-32(18-19)25-29-21-8-3-10-28-24(21)34-25/h1-3,7-10,19H,4-6,11-18H2,(H,27,33)/t19-/m1/s1. The normalized spacial score (nSPS) is 19.5. The van der Waals surface area contributed by atoms with Gasteiger partial charge < -0.3 is 15.1 Å². The Kier molecular flexibility index (Phi) is 7.20. The Morgan fingerprint density at radius 2 is 1.94 bits per heavy atom. The first-order valence-electron chi connectivity index (χ1n) is 12.1. The molecule has 1 atom stereocenters. The van der Waals surface area contributed by atoms with Gasteiger partial charge in [-0.25, -0.2) is 14.4 Å². The molecule has 7 nitrogen and oxygen atoms in total. The summed E-state index contributed by atoms with van der Waals surface area (Å²) in [6.45, 7) is 6.76. The largest absolute Gasteiger partial charge is 0.367 e. The molecule has 3 aromatic rings. The van der Waals surface area contributed by atoms with Crippen molar-refractivity contribution in [3.63, 3.8) is 0 Å². The van der Waals surface area contributed by atoms with Gasteiger partial charge in [0.2, 0.25) is 5.91 Å². The average molecular weight is 483 g/mol. The third-order valence-corrected chi connectivity index (χ3v) is 7.77. The van der Waals surface area contributed by atoms with E-state index in [1.165, 1.54) is 6.07 Å². The number of thiazole rings is 1. The number of halogens is 1. The molecule has 2 aliphatic rings. The van der Waals surface area contributed by atoms with E-state index in [4.69, 9.17) is 4.98 Å². The van der Waals surface area contributed by atoms with E-state index in [0.29, 0.717) is 18.8 Å². The molecule has 0 unspecified atom stereocenters. The summed E-state index contributed by atoms with van der Waals surface area (Å²) in [7, 11) is 0. The van der Waals surface area contributed by atoms with Crippen LogP contribution in [0.2, 0.25) is 0 Å². The second-order valence-corrected chi connectivity index (χ2v) is 9.99. The second-order valence-electron chi connectivity index (χ2n) is 9.03. The van der Waals surface area contributed by atoms with E-state index in [2.05, 4.69) is 25.0 Å². The van der Waals surface area contributed by atoms with E-state index >= 15 is 0 Å². The molecule has 0 radical (unpaired) electrons. The fourth-order valence-electron chi connectivity index (χ4n) is 4.84. The first-order valence-corrected chi connectivity index (χ1v) is 12.9. The summed E-state index contributed by atoms with van der Waals surface area (Å²) in [6.07, 6.45) is 4.63. The van der Waals surface area contributed by atoms with Crippen LogP contribution in [0.15, 0.2) is 42.6 Å². The Bertz CT molecular complexity index is 1080. The van der Waals surface area contributed by atoms with Crippen LogP contribution in [-0.4, -0.2) is 73.1 Å². The smallest absolute Gasteiger partial charge is 0.224 e. The molecule has 0 aliphatic carbocycles. The third kappa shape index (κ3) is 5.31. The number of nitrogens with one attached hydrogen (secondary N) is 1. The highest BCUT2D eigenvalue weighted by atomic mass is 32.1. The number of piperazine rings is 1. The summed E-state index contributed by atoms with van der Waals surface area (Å²) < 4.78 is 14.0. The minimum atomic E-state index is -0.153. The van der Waals surface area contributed by atoms with Crippen LogP contribution in [0.25, 0.3) is 10.3 Å². The van der Waals surface area contributed by atoms with Crippen LogP contribution in [-0.2, 0) is 4.79 Å². The summed E-state index contributed by atoms with van der Waals surface area (Å²) in [5.41, 5.74) is 1.61. The molecular weight excluding hydrogens is 451 g/mol. The lowest BCUT2D eigenvalue weighted by atomic mass is 9.97. The lowest BCUT2D eigenvalue weighted by Crippen LogP contribution is -2.47. The Morgan fingerprint density at radius 3 is 2.76 bits per heavy atom. The number of pyridine rings is 1. The fraction of sp³-hybridized carbons (Fsp3) is 0.480. The summed E-state index contributed by atoms with van der Waals surface area (Å²) >= 11 is 1.60. The van der Waals surface area contributed by atoms with Crippen molar-refractivity contribution in [3.8, 4) is 0 Å². The van der Waals surface area contributed by atoms with Crippen molar-refractivity contribution in [2.24, 2.45) is 5.92 Å². The topological polar surface area (TPSA) is 64.6 Å². The van der Waals surface area contributed by atoms with Gasteiger partial charge in [-0.05, 0) is 50.1 Å².